The van der Waals surface area contributed by atoms with Gasteiger partial charge in [0.05, 0.1) is 6.42 Å². The Bertz CT molecular complexity index is 241. The van der Waals surface area contributed by atoms with Gasteiger partial charge in [-0.25, -0.2) is 0 Å². The van der Waals surface area contributed by atoms with Crippen molar-refractivity contribution in [3.63, 3.8) is 0 Å². The van der Waals surface area contributed by atoms with Crippen molar-refractivity contribution in [3.8, 4) is 0 Å². The van der Waals surface area contributed by atoms with Crippen LogP contribution in [0, 0.1) is 5.41 Å². The minimum absolute atomic E-state index is 0.0704. The Balaban J connectivity index is 3.66. The standard InChI is InChI=1S/C11H19NO3/c1-5-8-15-9(13)6-7-12-10(14)11(2,3)4/h5H,1,6-8H2,2-4H3,(H,12,14). The molecular weight excluding hydrogens is 194 g/mol. The molecule has 4 heteroatoms. The van der Waals surface area contributed by atoms with Gasteiger partial charge in [-0.1, -0.05) is 33.4 Å². The molecule has 0 aromatic heterocycles. The molecule has 15 heavy (non-hydrogen) atoms. The Kier molecular flexibility index (Phi) is 5.67. The number of ether oxygens (including phenoxy) is 1. The van der Waals surface area contributed by atoms with E-state index in [2.05, 4.69) is 11.9 Å². The largest absolute Gasteiger partial charge is 0.461 e. The highest BCUT2D eigenvalue weighted by Gasteiger charge is 2.20. The van der Waals surface area contributed by atoms with Crippen LogP contribution in [0.5, 0.6) is 0 Å². The molecule has 0 radical (unpaired) electrons. The maximum absolute atomic E-state index is 11.4. The van der Waals surface area contributed by atoms with Crippen molar-refractivity contribution in [2.24, 2.45) is 5.41 Å². The summed E-state index contributed by atoms with van der Waals surface area (Å²) in [6, 6.07) is 0. The first kappa shape index (κ1) is 13.7. The normalized spacial score (nSPS) is 10.6. The molecule has 0 bridgehead atoms. The van der Waals surface area contributed by atoms with Crippen molar-refractivity contribution >= 4 is 11.9 Å². The van der Waals surface area contributed by atoms with Crippen molar-refractivity contribution in [1.29, 1.82) is 0 Å². The fourth-order valence-corrected chi connectivity index (χ4v) is 0.767. The van der Waals surface area contributed by atoms with Gasteiger partial charge in [-0.2, -0.15) is 0 Å². The Morgan fingerprint density at radius 3 is 2.47 bits per heavy atom. The Morgan fingerprint density at radius 1 is 1.40 bits per heavy atom. The highest BCUT2D eigenvalue weighted by atomic mass is 16.5. The number of carbonyl (C=O) groups excluding carboxylic acids is 2. The molecule has 0 atom stereocenters. The molecule has 0 rings (SSSR count). The number of esters is 1. The van der Waals surface area contributed by atoms with E-state index in [0.717, 1.165) is 0 Å². The van der Waals surface area contributed by atoms with Crippen LogP contribution in [0.15, 0.2) is 12.7 Å². The molecule has 4 nitrogen and oxygen atoms in total. The Labute approximate surface area is 90.7 Å². The zero-order valence-electron chi connectivity index (χ0n) is 9.63. The van der Waals surface area contributed by atoms with Gasteiger partial charge in [0.1, 0.15) is 6.61 Å². The van der Waals surface area contributed by atoms with Gasteiger partial charge in [-0.15, -0.1) is 0 Å². The molecule has 1 N–H and O–H groups in total. The molecule has 0 aromatic rings. The summed E-state index contributed by atoms with van der Waals surface area (Å²) in [7, 11) is 0. The van der Waals surface area contributed by atoms with Gasteiger partial charge in [0, 0.05) is 12.0 Å². The molecule has 86 valence electrons. The van der Waals surface area contributed by atoms with Gasteiger partial charge < -0.3 is 10.1 Å². The average Bonchev–Trinajstić information content (AvgIpc) is 2.13. The van der Waals surface area contributed by atoms with Crippen molar-refractivity contribution in [2.75, 3.05) is 13.2 Å². The first-order valence-electron chi connectivity index (χ1n) is 4.92. The lowest BCUT2D eigenvalue weighted by Crippen LogP contribution is -2.36. The maximum Gasteiger partial charge on any atom is 0.307 e. The monoisotopic (exact) mass is 213 g/mol. The number of hydrogen-bond donors (Lipinski definition) is 1. The van der Waals surface area contributed by atoms with Crippen LogP contribution in [0.25, 0.3) is 0 Å². The first-order chi connectivity index (χ1) is 6.88. The molecular formula is C11H19NO3. The fourth-order valence-electron chi connectivity index (χ4n) is 0.767. The molecule has 0 spiro atoms. The van der Waals surface area contributed by atoms with Crippen LogP contribution in [-0.2, 0) is 14.3 Å². The van der Waals surface area contributed by atoms with Gasteiger partial charge >= 0.3 is 5.97 Å². The Morgan fingerprint density at radius 2 is 2.00 bits per heavy atom. The van der Waals surface area contributed by atoms with Crippen LogP contribution >= 0.6 is 0 Å². The molecule has 0 aromatic carbocycles. The van der Waals surface area contributed by atoms with Crippen LogP contribution in [0.3, 0.4) is 0 Å². The molecule has 0 unspecified atom stereocenters. The second kappa shape index (κ2) is 6.22. The van der Waals surface area contributed by atoms with Crippen LogP contribution < -0.4 is 5.32 Å². The molecule has 0 aliphatic heterocycles. The number of nitrogens with one attached hydrogen (secondary N) is 1. The third kappa shape index (κ3) is 6.71. The third-order valence-corrected chi connectivity index (χ3v) is 1.66. The van der Waals surface area contributed by atoms with E-state index in [4.69, 9.17) is 4.74 Å². The van der Waals surface area contributed by atoms with Crippen molar-refractivity contribution in [1.82, 2.24) is 5.32 Å². The topological polar surface area (TPSA) is 55.4 Å². The van der Waals surface area contributed by atoms with E-state index in [1.54, 1.807) is 0 Å². The Hall–Kier alpha value is -1.32. The second-order valence-corrected chi connectivity index (χ2v) is 4.23. The smallest absolute Gasteiger partial charge is 0.307 e. The highest BCUT2D eigenvalue weighted by molar-refractivity contribution is 5.81. The summed E-state index contributed by atoms with van der Waals surface area (Å²) in [6.07, 6.45) is 1.70. The van der Waals surface area contributed by atoms with Gasteiger partial charge in [-0.3, -0.25) is 9.59 Å². The summed E-state index contributed by atoms with van der Waals surface area (Å²) in [5.74, 6) is -0.400. The number of rotatable bonds is 5. The minimum Gasteiger partial charge on any atom is -0.461 e. The van der Waals surface area contributed by atoms with Gasteiger partial charge in [0.25, 0.3) is 0 Å². The van der Waals surface area contributed by atoms with Gasteiger partial charge in [0.15, 0.2) is 0 Å². The van der Waals surface area contributed by atoms with Crippen LogP contribution in [0.4, 0.5) is 0 Å². The first-order valence-corrected chi connectivity index (χ1v) is 4.92. The summed E-state index contributed by atoms with van der Waals surface area (Å²) >= 11 is 0. The van der Waals surface area contributed by atoms with Crippen molar-refractivity contribution < 1.29 is 14.3 Å². The summed E-state index contributed by atoms with van der Waals surface area (Å²) in [4.78, 5) is 22.4. The van der Waals surface area contributed by atoms with E-state index < -0.39 is 5.41 Å². The average molecular weight is 213 g/mol. The lowest BCUT2D eigenvalue weighted by atomic mass is 9.96. The number of amides is 1. The van der Waals surface area contributed by atoms with Crippen LogP contribution in [0.2, 0.25) is 0 Å². The van der Waals surface area contributed by atoms with Gasteiger partial charge in [-0.05, 0) is 0 Å². The van der Waals surface area contributed by atoms with Crippen LogP contribution in [-0.4, -0.2) is 25.0 Å². The maximum atomic E-state index is 11.4. The lowest BCUT2D eigenvalue weighted by molar-refractivity contribution is -0.142. The highest BCUT2D eigenvalue weighted by Crippen LogP contribution is 2.11. The zero-order chi connectivity index (χ0) is 11.9. The van der Waals surface area contributed by atoms with E-state index in [-0.39, 0.29) is 24.9 Å². The molecule has 1 amide bonds. The van der Waals surface area contributed by atoms with E-state index in [1.807, 2.05) is 20.8 Å². The molecule has 0 heterocycles. The molecule has 0 aliphatic rings. The molecule has 0 saturated heterocycles. The second-order valence-electron chi connectivity index (χ2n) is 4.23. The number of carbonyl (C=O) groups is 2. The summed E-state index contributed by atoms with van der Waals surface area (Å²) < 4.78 is 4.75. The lowest BCUT2D eigenvalue weighted by Gasteiger charge is -2.17. The van der Waals surface area contributed by atoms with Crippen LogP contribution in [0.1, 0.15) is 27.2 Å². The third-order valence-electron chi connectivity index (χ3n) is 1.66. The summed E-state index contributed by atoms with van der Waals surface area (Å²) in [5, 5.41) is 2.66. The van der Waals surface area contributed by atoms with Crippen molar-refractivity contribution in [2.45, 2.75) is 27.2 Å². The predicted molar refractivity (Wildman–Crippen MR) is 58.2 cm³/mol. The summed E-state index contributed by atoms with van der Waals surface area (Å²) in [5.41, 5.74) is -0.426. The van der Waals surface area contributed by atoms with E-state index in [9.17, 15) is 9.59 Å². The SMILES string of the molecule is C=CCOC(=O)CCNC(=O)C(C)(C)C. The van der Waals surface area contributed by atoms with E-state index in [1.165, 1.54) is 6.08 Å². The summed E-state index contributed by atoms with van der Waals surface area (Å²) in [6.45, 7) is 9.41. The zero-order valence-corrected chi connectivity index (χ0v) is 9.63. The van der Waals surface area contributed by atoms with Crippen molar-refractivity contribution in [3.05, 3.63) is 12.7 Å². The molecule has 0 saturated carbocycles. The van der Waals surface area contributed by atoms with E-state index in [0.29, 0.717) is 6.54 Å². The number of hydrogen-bond acceptors (Lipinski definition) is 3. The molecule has 0 fully saturated rings. The quantitative estimate of drug-likeness (QED) is 0.552. The van der Waals surface area contributed by atoms with Gasteiger partial charge in [0.2, 0.25) is 5.91 Å². The fraction of sp³-hybridized carbons (Fsp3) is 0.636. The minimum atomic E-state index is -0.426. The predicted octanol–water partition coefficient (Wildman–Crippen LogP) is 1.27. The van der Waals surface area contributed by atoms with E-state index >= 15 is 0 Å². The molecule has 0 aliphatic carbocycles.